The van der Waals surface area contributed by atoms with E-state index in [0.717, 1.165) is 28.9 Å². The Morgan fingerprint density at radius 1 is 0.871 bits per heavy atom. The second-order valence-corrected chi connectivity index (χ2v) is 9.28. The average Bonchev–Trinajstić information content (AvgIpc) is 2.80. The maximum absolute atomic E-state index is 14.4. The van der Waals surface area contributed by atoms with Gasteiger partial charge in [0.2, 0.25) is 0 Å². The Kier molecular flexibility index (Phi) is 7.27. The van der Waals surface area contributed by atoms with Gasteiger partial charge in [0.1, 0.15) is 6.61 Å². The summed E-state index contributed by atoms with van der Waals surface area (Å²) in [5, 5.41) is 0. The van der Waals surface area contributed by atoms with Crippen molar-refractivity contribution >= 4 is 0 Å². The molecule has 0 bridgehead atoms. The standard InChI is InChI=1S/C29H35FO/c1-3-5-17-31-29-16-15-27(20-28(29)30)23-11-9-22(10-12-23)25-14-13-24-18-21(6-4-2)7-8-26(24)19-25/h3-6,9-12,15-16,20-21,24-26H,7-8,13-14,17-19H2,1-2H3/b5-3+,6-4+. The summed E-state index contributed by atoms with van der Waals surface area (Å²) >= 11 is 0. The molecule has 0 aromatic heterocycles. The summed E-state index contributed by atoms with van der Waals surface area (Å²) in [6, 6.07) is 14.1. The van der Waals surface area contributed by atoms with Crippen LogP contribution in [0.3, 0.4) is 0 Å². The average molecular weight is 419 g/mol. The molecule has 2 fully saturated rings. The molecule has 0 heterocycles. The fraction of sp³-hybridized carbons (Fsp3) is 0.448. The van der Waals surface area contributed by atoms with Crippen molar-refractivity contribution in [2.45, 2.75) is 58.3 Å². The maximum atomic E-state index is 14.4. The zero-order valence-corrected chi connectivity index (χ0v) is 18.9. The van der Waals surface area contributed by atoms with E-state index >= 15 is 0 Å². The molecule has 0 radical (unpaired) electrons. The maximum Gasteiger partial charge on any atom is 0.165 e. The molecule has 0 saturated heterocycles. The Morgan fingerprint density at radius 3 is 2.35 bits per heavy atom. The first-order chi connectivity index (χ1) is 15.2. The summed E-state index contributed by atoms with van der Waals surface area (Å²) < 4.78 is 19.9. The zero-order valence-electron chi connectivity index (χ0n) is 18.9. The van der Waals surface area contributed by atoms with Crippen LogP contribution < -0.4 is 4.74 Å². The second-order valence-electron chi connectivity index (χ2n) is 9.28. The highest BCUT2D eigenvalue weighted by atomic mass is 19.1. The SMILES string of the molecule is C/C=C/COc1ccc(-c2ccc(C3CCC4CC(/C=C/C)CCC4C3)cc2)cc1F. The topological polar surface area (TPSA) is 9.23 Å². The Bertz CT molecular complexity index is 911. The van der Waals surface area contributed by atoms with Crippen LogP contribution in [0.4, 0.5) is 4.39 Å². The van der Waals surface area contributed by atoms with Crippen LogP contribution in [0.5, 0.6) is 5.75 Å². The third-order valence-corrected chi connectivity index (χ3v) is 7.34. The Hall–Kier alpha value is -2.35. The van der Waals surface area contributed by atoms with Crippen LogP contribution in [0.2, 0.25) is 0 Å². The van der Waals surface area contributed by atoms with Crippen molar-refractivity contribution in [1.82, 2.24) is 0 Å². The smallest absolute Gasteiger partial charge is 0.165 e. The fourth-order valence-corrected chi connectivity index (χ4v) is 5.65. The van der Waals surface area contributed by atoms with Crippen LogP contribution in [-0.2, 0) is 0 Å². The van der Waals surface area contributed by atoms with E-state index in [2.05, 4.69) is 43.3 Å². The lowest BCUT2D eigenvalue weighted by Crippen LogP contribution is -2.30. The first kappa shape index (κ1) is 21.9. The molecule has 2 aliphatic rings. The summed E-state index contributed by atoms with van der Waals surface area (Å²) in [6.45, 7) is 4.46. The van der Waals surface area contributed by atoms with Gasteiger partial charge in [-0.3, -0.25) is 0 Å². The molecule has 31 heavy (non-hydrogen) atoms. The summed E-state index contributed by atoms with van der Waals surface area (Å²) in [5.41, 5.74) is 3.40. The predicted octanol–water partition coefficient (Wildman–Crippen LogP) is 8.32. The molecule has 0 aliphatic heterocycles. The van der Waals surface area contributed by atoms with Gasteiger partial charge in [-0.2, -0.15) is 0 Å². The highest BCUT2D eigenvalue weighted by Gasteiger charge is 2.35. The van der Waals surface area contributed by atoms with Crippen molar-refractivity contribution in [3.63, 3.8) is 0 Å². The molecular formula is C29H35FO. The van der Waals surface area contributed by atoms with E-state index in [-0.39, 0.29) is 5.82 Å². The first-order valence-corrected chi connectivity index (χ1v) is 11.9. The minimum Gasteiger partial charge on any atom is -0.486 e. The normalized spacial score (nSPS) is 26.3. The third kappa shape index (κ3) is 5.29. The molecule has 1 nitrogen and oxygen atoms in total. The highest BCUT2D eigenvalue weighted by molar-refractivity contribution is 5.64. The van der Waals surface area contributed by atoms with E-state index in [9.17, 15) is 4.39 Å². The predicted molar refractivity (Wildman–Crippen MR) is 128 cm³/mol. The molecule has 0 amide bonds. The van der Waals surface area contributed by atoms with E-state index in [1.54, 1.807) is 12.1 Å². The number of hydrogen-bond donors (Lipinski definition) is 0. The van der Waals surface area contributed by atoms with E-state index in [0.29, 0.717) is 18.3 Å². The molecule has 2 aromatic carbocycles. The van der Waals surface area contributed by atoms with E-state index in [4.69, 9.17) is 4.74 Å². The van der Waals surface area contributed by atoms with Gasteiger partial charge in [0.05, 0.1) is 0 Å². The number of benzene rings is 2. The van der Waals surface area contributed by atoms with Crippen LogP contribution in [0.1, 0.15) is 63.9 Å². The van der Waals surface area contributed by atoms with Crippen molar-refractivity contribution in [2.75, 3.05) is 6.61 Å². The van der Waals surface area contributed by atoms with E-state index in [1.807, 2.05) is 25.1 Å². The molecule has 2 heteroatoms. The minimum atomic E-state index is -0.307. The monoisotopic (exact) mass is 418 g/mol. The van der Waals surface area contributed by atoms with E-state index in [1.165, 1.54) is 44.1 Å². The molecular weight excluding hydrogens is 383 g/mol. The molecule has 4 atom stereocenters. The van der Waals surface area contributed by atoms with Gasteiger partial charge in [-0.15, -0.1) is 0 Å². The molecule has 164 valence electrons. The van der Waals surface area contributed by atoms with Crippen LogP contribution >= 0.6 is 0 Å². The van der Waals surface area contributed by atoms with Gasteiger partial charge in [0.25, 0.3) is 0 Å². The molecule has 2 aliphatic carbocycles. The van der Waals surface area contributed by atoms with Crippen LogP contribution in [-0.4, -0.2) is 6.61 Å². The second kappa shape index (κ2) is 10.3. The zero-order chi connectivity index (χ0) is 21.6. The quantitative estimate of drug-likeness (QED) is 0.428. The Morgan fingerprint density at radius 2 is 1.61 bits per heavy atom. The number of allylic oxidation sites excluding steroid dienone is 3. The first-order valence-electron chi connectivity index (χ1n) is 11.9. The van der Waals surface area contributed by atoms with Crippen LogP contribution in [0.25, 0.3) is 11.1 Å². The van der Waals surface area contributed by atoms with Gasteiger partial charge in [-0.05, 0) is 105 Å². The van der Waals surface area contributed by atoms with E-state index < -0.39 is 0 Å². The molecule has 0 spiro atoms. The molecule has 2 saturated carbocycles. The number of rotatable bonds is 6. The van der Waals surface area contributed by atoms with Crippen molar-refractivity contribution in [3.8, 4) is 16.9 Å². The number of hydrogen-bond acceptors (Lipinski definition) is 1. The molecule has 0 N–H and O–H groups in total. The van der Waals surface area contributed by atoms with Gasteiger partial charge >= 0.3 is 0 Å². The van der Waals surface area contributed by atoms with Gasteiger partial charge in [0, 0.05) is 0 Å². The van der Waals surface area contributed by atoms with Crippen LogP contribution in [0, 0.1) is 23.6 Å². The third-order valence-electron chi connectivity index (χ3n) is 7.34. The number of fused-ring (bicyclic) bond motifs is 1. The molecule has 4 unspecified atom stereocenters. The molecule has 2 aromatic rings. The summed E-state index contributed by atoms with van der Waals surface area (Å²) in [5.74, 6) is 3.29. The Balaban J connectivity index is 1.39. The summed E-state index contributed by atoms with van der Waals surface area (Å²) in [4.78, 5) is 0. The fourth-order valence-electron chi connectivity index (χ4n) is 5.65. The van der Waals surface area contributed by atoms with Crippen molar-refractivity contribution in [1.29, 1.82) is 0 Å². The number of ether oxygens (including phenoxy) is 1. The van der Waals surface area contributed by atoms with Crippen molar-refractivity contribution in [3.05, 3.63) is 78.1 Å². The lowest BCUT2D eigenvalue weighted by atomic mass is 9.64. The van der Waals surface area contributed by atoms with Gasteiger partial charge < -0.3 is 4.74 Å². The highest BCUT2D eigenvalue weighted by Crippen LogP contribution is 2.48. The van der Waals surface area contributed by atoms with Crippen molar-refractivity contribution < 1.29 is 9.13 Å². The minimum absolute atomic E-state index is 0.305. The lowest BCUT2D eigenvalue weighted by Gasteiger charge is -2.41. The van der Waals surface area contributed by atoms with Gasteiger partial charge in [0.15, 0.2) is 11.6 Å². The van der Waals surface area contributed by atoms with Crippen molar-refractivity contribution in [2.24, 2.45) is 17.8 Å². The summed E-state index contributed by atoms with van der Waals surface area (Å²) in [6.07, 6.45) is 16.6. The van der Waals surface area contributed by atoms with Gasteiger partial charge in [-0.1, -0.05) is 54.6 Å². The summed E-state index contributed by atoms with van der Waals surface area (Å²) in [7, 11) is 0. The van der Waals surface area contributed by atoms with Gasteiger partial charge in [-0.25, -0.2) is 4.39 Å². The Labute approximate surface area is 187 Å². The lowest BCUT2D eigenvalue weighted by molar-refractivity contribution is 0.133. The van der Waals surface area contributed by atoms with Crippen LogP contribution in [0.15, 0.2) is 66.8 Å². The molecule has 4 rings (SSSR count). The number of halogens is 1. The largest absolute Gasteiger partial charge is 0.486 e.